The highest BCUT2D eigenvalue weighted by Gasteiger charge is 2.53. The Kier molecular flexibility index (Phi) is 30.0. The van der Waals surface area contributed by atoms with Crippen molar-refractivity contribution in [2.75, 3.05) is 32.8 Å². The lowest BCUT2D eigenvalue weighted by Crippen LogP contribution is -2.69. The van der Waals surface area contributed by atoms with Crippen molar-refractivity contribution in [2.24, 2.45) is 11.7 Å². The molecule has 4 rings (SSSR count). The molecule has 0 unspecified atom stereocenters. The minimum atomic E-state index is -2.03. The van der Waals surface area contributed by atoms with Gasteiger partial charge in [0.15, 0.2) is 12.6 Å². The Morgan fingerprint density at radius 2 is 0.946 bits per heavy atom. The van der Waals surface area contributed by atoms with E-state index < -0.39 is 243 Å². The second kappa shape index (κ2) is 35.3. The lowest BCUT2D eigenvalue weighted by atomic mass is 9.95. The number of carboxylic acid groups (broad SMARTS) is 1. The number of rotatable bonds is 31. The van der Waals surface area contributed by atoms with Gasteiger partial charge in [0, 0.05) is 20.0 Å². The Morgan fingerprint density at radius 3 is 1.39 bits per heavy atom. The maximum atomic E-state index is 14.5. The summed E-state index contributed by atoms with van der Waals surface area (Å²) in [5.74, 6) is -12.9. The lowest BCUT2D eigenvalue weighted by Gasteiger charge is -2.48. The van der Waals surface area contributed by atoms with Gasteiger partial charge in [-0.15, -0.1) is 0 Å². The largest absolute Gasteiger partial charge is 0.480 e. The van der Waals surface area contributed by atoms with E-state index >= 15 is 0 Å². The first-order valence-corrected chi connectivity index (χ1v) is 30.3. The zero-order chi connectivity index (χ0) is 70.4. The van der Waals surface area contributed by atoms with Crippen LogP contribution in [-0.4, -0.2) is 321 Å². The molecule has 0 aliphatic carbocycles. The molecule has 0 radical (unpaired) electrons. The molecular weight excluding hydrogens is 1250 g/mol. The Bertz CT molecular complexity index is 2600. The quantitative estimate of drug-likeness (QED) is 0.0306. The minimum absolute atomic E-state index is 0.0478. The van der Waals surface area contributed by atoms with E-state index in [2.05, 4.69) is 42.5 Å². The molecule has 4 aliphatic rings. The molecule has 4 fully saturated rings. The Balaban J connectivity index is 1.53. The maximum absolute atomic E-state index is 14.5. The lowest BCUT2D eigenvalue weighted by molar-refractivity contribution is -0.347. The zero-order valence-electron chi connectivity index (χ0n) is 52.8. The van der Waals surface area contributed by atoms with E-state index in [0.29, 0.717) is 0 Å². The van der Waals surface area contributed by atoms with Gasteiger partial charge in [0.2, 0.25) is 59.1 Å². The normalized spacial score (nSPS) is 29.0. The summed E-state index contributed by atoms with van der Waals surface area (Å²) >= 11 is 0. The summed E-state index contributed by atoms with van der Waals surface area (Å²) in [6.45, 7) is 7.72. The number of nitrogens with two attached hydrogens (primary N) is 1. The van der Waals surface area contributed by atoms with Crippen LogP contribution in [0.2, 0.25) is 0 Å². The number of carbonyl (C=O) groups excluding carboxylic acids is 10. The predicted molar refractivity (Wildman–Crippen MR) is 311 cm³/mol. The van der Waals surface area contributed by atoms with Crippen molar-refractivity contribution in [3.05, 3.63) is 0 Å². The van der Waals surface area contributed by atoms with E-state index in [1.807, 2.05) is 0 Å². The molecule has 0 spiro atoms. The van der Waals surface area contributed by atoms with Gasteiger partial charge in [-0.05, 0) is 73.1 Å². The van der Waals surface area contributed by atoms with Gasteiger partial charge in [-0.3, -0.25) is 52.7 Å². The number of nitrogens with zero attached hydrogens (tertiary/aromatic N) is 2. The summed E-state index contributed by atoms with van der Waals surface area (Å²) in [5.41, 5.74) is 5.64. The molecule has 0 aromatic carbocycles. The first-order valence-electron chi connectivity index (χ1n) is 30.3. The van der Waals surface area contributed by atoms with Crippen LogP contribution in [0.1, 0.15) is 88.0 Å². The molecule has 0 saturated carbocycles. The summed E-state index contributed by atoms with van der Waals surface area (Å²) in [7, 11) is 0. The number of hydrogen-bond acceptors (Lipinski definition) is 27. The van der Waals surface area contributed by atoms with Crippen LogP contribution in [0.4, 0.5) is 0 Å². The first kappa shape index (κ1) is 79.0. The summed E-state index contributed by atoms with van der Waals surface area (Å²) in [5, 5.41) is 143. The molecule has 4 saturated heterocycles. The van der Waals surface area contributed by atoms with E-state index in [4.69, 9.17) is 24.7 Å². The van der Waals surface area contributed by atoms with Crippen LogP contribution in [0.5, 0.6) is 0 Å². The van der Waals surface area contributed by atoms with Crippen molar-refractivity contribution in [2.45, 2.75) is 240 Å². The number of nitrogens with one attached hydrogen (secondary N) is 8. The topological polar surface area (TPSA) is 596 Å². The van der Waals surface area contributed by atoms with Crippen LogP contribution >= 0.6 is 0 Å². The second-order valence-corrected chi connectivity index (χ2v) is 24.0. The number of carbonyl (C=O) groups is 11. The predicted octanol–water partition coefficient (Wildman–Crippen LogP) is -11.9. The average Bonchev–Trinajstić information content (AvgIpc) is 1.80. The fourth-order valence-electron chi connectivity index (χ4n) is 10.8. The molecule has 0 bridgehead atoms. The number of likely N-dealkylation sites (tertiary alicyclic amines) is 2. The Hall–Kier alpha value is -6.47. The van der Waals surface area contributed by atoms with Gasteiger partial charge in [0.1, 0.15) is 110 Å². The molecule has 530 valence electrons. The standard InChI is InChI=1S/C55H93N11O27/c1-19(2)33(59-50(86)35(22(5)71)61-51(87)34(21(4)70)60-47(83)32(56)20(3)69)49(85)63-37(24(7)73)53(89)65-14-10-12-27(65)45(81)62-36(23(6)72)52(88)66-15-11-13-28(66)46(82)64-38(48(84)57-16-31(75)76)25(8)90-54-39(58-26(9)74)44(41(78)30(18-68)91-54)93-55-43(80)42(79)40(77)29(17-67)92-55/h19-25,27-30,32-44,54-55,67-73,77-80H,10-18,56H2,1-9H3,(H,57,84)(H,58,74)(H,59,86)(H,60,83)(H,61,87)(H,62,81)(H,63,85)(H,64,82)(H,75,76)/t20-,21-,22-,23-,24-,25-,27+,28+,29-,30-,32+,33+,34+,35+,36+,37+,38+,39-,40+,41+,42+,43-,44-,54+,55+/m1/s1. The molecule has 25 atom stereocenters. The van der Waals surface area contributed by atoms with Crippen molar-refractivity contribution in [3.63, 3.8) is 0 Å². The van der Waals surface area contributed by atoms with Crippen LogP contribution < -0.4 is 48.3 Å². The third-order valence-corrected chi connectivity index (χ3v) is 16.1. The summed E-state index contributed by atoms with van der Waals surface area (Å²) in [6.07, 6.45) is -25.9. The average molecular weight is 1340 g/mol. The first-order chi connectivity index (χ1) is 43.4. The van der Waals surface area contributed by atoms with E-state index in [9.17, 15) is 114 Å². The summed E-state index contributed by atoms with van der Waals surface area (Å²) in [6, 6.07) is -16.7. The molecule has 4 heterocycles. The van der Waals surface area contributed by atoms with Gasteiger partial charge in [-0.2, -0.15) is 0 Å². The fourth-order valence-corrected chi connectivity index (χ4v) is 10.8. The van der Waals surface area contributed by atoms with Gasteiger partial charge in [-0.1, -0.05) is 13.8 Å². The molecule has 10 amide bonds. The summed E-state index contributed by atoms with van der Waals surface area (Å²) in [4.78, 5) is 151. The van der Waals surface area contributed by atoms with Gasteiger partial charge in [-0.25, -0.2) is 0 Å². The molecule has 0 aromatic rings. The molecule has 22 N–H and O–H groups in total. The van der Waals surface area contributed by atoms with E-state index in [0.717, 1.165) is 44.4 Å². The maximum Gasteiger partial charge on any atom is 0.322 e. The smallest absolute Gasteiger partial charge is 0.322 e. The Labute approximate surface area is 533 Å². The number of aliphatic hydroxyl groups excluding tert-OH is 11. The Morgan fingerprint density at radius 1 is 0.527 bits per heavy atom. The number of aliphatic carboxylic acids is 1. The molecule has 38 nitrogen and oxygen atoms in total. The van der Waals surface area contributed by atoms with Gasteiger partial charge in [0.25, 0.3) is 0 Å². The molecular formula is C55H93N11O27. The van der Waals surface area contributed by atoms with Gasteiger partial charge in [0.05, 0.1) is 49.8 Å². The highest BCUT2D eigenvalue weighted by Crippen LogP contribution is 2.31. The number of hydrogen-bond donors (Lipinski definition) is 21. The summed E-state index contributed by atoms with van der Waals surface area (Å²) < 4.78 is 23.1. The molecule has 38 heteroatoms. The van der Waals surface area contributed by atoms with Crippen molar-refractivity contribution in [1.29, 1.82) is 0 Å². The number of aliphatic hydroxyl groups is 11. The van der Waals surface area contributed by atoms with Crippen LogP contribution in [0.3, 0.4) is 0 Å². The fraction of sp³-hybridized carbons (Fsp3) is 0.800. The van der Waals surface area contributed by atoms with Crippen LogP contribution in [0, 0.1) is 5.92 Å². The number of amides is 10. The van der Waals surface area contributed by atoms with E-state index in [-0.39, 0.29) is 38.8 Å². The third kappa shape index (κ3) is 20.5. The van der Waals surface area contributed by atoms with Crippen LogP contribution in [-0.2, 0) is 71.7 Å². The molecule has 4 aliphatic heterocycles. The van der Waals surface area contributed by atoms with Crippen molar-refractivity contribution in [1.82, 2.24) is 52.3 Å². The monoisotopic (exact) mass is 1340 g/mol. The van der Waals surface area contributed by atoms with E-state index in [1.54, 1.807) is 0 Å². The second-order valence-electron chi connectivity index (χ2n) is 24.0. The zero-order valence-corrected chi connectivity index (χ0v) is 52.8. The highest BCUT2D eigenvalue weighted by atomic mass is 16.7. The molecule has 93 heavy (non-hydrogen) atoms. The SMILES string of the molecule is CC(=O)N[C@H]1[C@@H](O[C@H](C)[C@H](NC(=O)[C@@H]2CCCN2C(=O)[C@@H](NC(=O)[C@@H]2CCCN2C(=O)[C@@H](NC(=O)[C@@H](NC(=O)[C@@H](NC(=O)[C@@H](NC(=O)[C@@H](N)[C@@H](C)O)[C@@H](C)O)[C@@H](C)O)C(C)C)[C@@H](C)O)[C@@H](C)O)C(=O)NCC(=O)O)O[C@H](CO)[C@H](O)[C@@H]1O[C@@H]1O[C@H](CO)[C@H](O)[C@H](O)[C@H]1O. The minimum Gasteiger partial charge on any atom is -0.480 e. The number of carboxylic acids is 1. The van der Waals surface area contributed by atoms with Gasteiger partial charge < -0.3 is 138 Å². The van der Waals surface area contributed by atoms with Crippen molar-refractivity contribution in [3.8, 4) is 0 Å². The van der Waals surface area contributed by atoms with E-state index in [1.165, 1.54) is 27.7 Å². The third-order valence-electron chi connectivity index (χ3n) is 16.1. The number of ether oxygens (including phenoxy) is 4. The van der Waals surface area contributed by atoms with Crippen LogP contribution in [0.15, 0.2) is 0 Å². The molecule has 0 aromatic heterocycles. The highest BCUT2D eigenvalue weighted by molar-refractivity contribution is 5.99. The van der Waals surface area contributed by atoms with Gasteiger partial charge >= 0.3 is 5.97 Å². The van der Waals surface area contributed by atoms with Crippen molar-refractivity contribution < 1.29 is 133 Å². The van der Waals surface area contributed by atoms with Crippen LogP contribution in [0.25, 0.3) is 0 Å². The van der Waals surface area contributed by atoms with Crippen molar-refractivity contribution >= 4 is 65.0 Å².